The van der Waals surface area contributed by atoms with Crippen molar-refractivity contribution in [3.05, 3.63) is 23.8 Å². The lowest BCUT2D eigenvalue weighted by molar-refractivity contribution is -0.122. The minimum Gasteiger partial charge on any atom is -0.482 e. The van der Waals surface area contributed by atoms with Crippen LogP contribution in [-0.4, -0.2) is 49.9 Å². The number of hydrogen-bond acceptors (Lipinski definition) is 6. The molecule has 8 nitrogen and oxygen atoms in total. The molecule has 3 rings (SSSR count). The molecular formula is C20H26N2O6. The van der Waals surface area contributed by atoms with Crippen molar-refractivity contribution < 1.29 is 28.6 Å². The van der Waals surface area contributed by atoms with Gasteiger partial charge in [-0.05, 0) is 44.9 Å². The minimum atomic E-state index is -0.595. The van der Waals surface area contributed by atoms with Gasteiger partial charge in [-0.25, -0.2) is 4.79 Å². The zero-order valence-electron chi connectivity index (χ0n) is 16.6. The summed E-state index contributed by atoms with van der Waals surface area (Å²) < 4.78 is 15.9. The highest BCUT2D eigenvalue weighted by Crippen LogP contribution is 2.38. The third-order valence-electron chi connectivity index (χ3n) is 4.66. The van der Waals surface area contributed by atoms with E-state index in [0.29, 0.717) is 17.9 Å². The van der Waals surface area contributed by atoms with Crippen molar-refractivity contribution >= 4 is 23.5 Å². The van der Waals surface area contributed by atoms with Crippen molar-refractivity contribution in [3.8, 4) is 5.75 Å². The van der Waals surface area contributed by atoms with E-state index in [1.165, 1.54) is 12.0 Å². The summed E-state index contributed by atoms with van der Waals surface area (Å²) in [5.74, 6) is 0.0667. The first kappa shape index (κ1) is 20.1. The largest absolute Gasteiger partial charge is 0.482 e. The van der Waals surface area contributed by atoms with Gasteiger partial charge in [0.2, 0.25) is 0 Å². The molecule has 1 fully saturated rings. The molecule has 0 saturated heterocycles. The van der Waals surface area contributed by atoms with Gasteiger partial charge in [0.15, 0.2) is 6.61 Å². The van der Waals surface area contributed by atoms with Crippen LogP contribution in [0, 0.1) is 0 Å². The number of ether oxygens (including phenoxy) is 3. The Balaban J connectivity index is 1.74. The number of carbonyl (C=O) groups is 3. The van der Waals surface area contributed by atoms with E-state index < -0.39 is 11.7 Å². The molecule has 2 aliphatic rings. The average Bonchev–Trinajstić information content (AvgIpc) is 2.95. The van der Waals surface area contributed by atoms with Crippen LogP contribution in [0.25, 0.3) is 0 Å². The van der Waals surface area contributed by atoms with Crippen molar-refractivity contribution in [2.24, 2.45) is 0 Å². The van der Waals surface area contributed by atoms with Gasteiger partial charge in [0.05, 0.1) is 5.69 Å². The lowest BCUT2D eigenvalue weighted by atomic mass is 9.95. The number of fused-ring (bicyclic) bond motifs is 1. The Bertz CT molecular complexity index is 785. The van der Waals surface area contributed by atoms with Gasteiger partial charge in [-0.3, -0.25) is 14.5 Å². The Morgan fingerprint density at radius 2 is 2.07 bits per heavy atom. The first-order valence-electron chi connectivity index (χ1n) is 9.26. The third-order valence-corrected chi connectivity index (χ3v) is 4.66. The highest BCUT2D eigenvalue weighted by atomic mass is 16.6. The van der Waals surface area contributed by atoms with Crippen LogP contribution in [0.1, 0.15) is 45.1 Å². The van der Waals surface area contributed by atoms with E-state index in [4.69, 9.17) is 14.2 Å². The zero-order chi connectivity index (χ0) is 20.5. The molecule has 2 amide bonds. The van der Waals surface area contributed by atoms with Gasteiger partial charge >= 0.3 is 6.09 Å². The van der Waals surface area contributed by atoms with Crippen molar-refractivity contribution in [1.82, 2.24) is 5.32 Å². The van der Waals surface area contributed by atoms with Crippen LogP contribution >= 0.6 is 0 Å². The van der Waals surface area contributed by atoms with E-state index in [2.05, 4.69) is 5.32 Å². The average molecular weight is 390 g/mol. The lowest BCUT2D eigenvalue weighted by Crippen LogP contribution is -2.40. The van der Waals surface area contributed by atoms with Crippen molar-refractivity contribution in [3.63, 3.8) is 0 Å². The van der Waals surface area contributed by atoms with E-state index in [1.807, 2.05) is 6.07 Å². The summed E-state index contributed by atoms with van der Waals surface area (Å²) in [6.45, 7) is 5.44. The molecule has 0 spiro atoms. The second kappa shape index (κ2) is 7.79. The molecule has 28 heavy (non-hydrogen) atoms. The number of Topliss-reactive ketones (excluding diaryl/α,β-unsaturated/α-hetero) is 1. The Kier molecular flexibility index (Phi) is 5.60. The fraction of sp³-hybridized carbons (Fsp3) is 0.550. The fourth-order valence-corrected chi connectivity index (χ4v) is 3.50. The summed E-state index contributed by atoms with van der Waals surface area (Å²) in [6, 6.07) is 5.11. The number of rotatable bonds is 4. The van der Waals surface area contributed by atoms with Crippen LogP contribution in [-0.2, 0) is 19.1 Å². The highest BCUT2D eigenvalue weighted by Gasteiger charge is 2.36. The molecule has 0 aromatic heterocycles. The van der Waals surface area contributed by atoms with Crippen LogP contribution in [0.4, 0.5) is 10.5 Å². The molecule has 8 heteroatoms. The van der Waals surface area contributed by atoms with Crippen LogP contribution in [0.2, 0.25) is 0 Å². The van der Waals surface area contributed by atoms with Crippen LogP contribution in [0.15, 0.2) is 18.2 Å². The Labute approximate surface area is 164 Å². The number of alkyl carbamates (subject to hydrolysis) is 1. The summed E-state index contributed by atoms with van der Waals surface area (Å²) in [5, 5.41) is 2.77. The standard InChI is InChI=1S/C20H26N2O6/c1-20(2,3)28-19(25)21-13-8-14(16(23)9-13)12-5-6-17-15(7-12)22(11-26-4)18(24)10-27-17/h5-7,13-14H,8-11H2,1-4H3,(H,21,25)/t13-,14?/m1/s1. The SMILES string of the molecule is COCN1C(=O)COc2ccc(C3C[C@@H](NC(=O)OC(C)(C)C)CC3=O)cc21. The van der Waals surface area contributed by atoms with Gasteiger partial charge < -0.3 is 19.5 Å². The minimum absolute atomic E-state index is 0.0417. The maximum atomic E-state index is 12.6. The first-order chi connectivity index (χ1) is 13.2. The topological polar surface area (TPSA) is 94.2 Å². The van der Waals surface area contributed by atoms with E-state index >= 15 is 0 Å². The predicted molar refractivity (Wildman–Crippen MR) is 101 cm³/mol. The molecule has 1 aromatic carbocycles. The van der Waals surface area contributed by atoms with E-state index in [0.717, 1.165) is 5.56 Å². The van der Waals surface area contributed by atoms with Gasteiger partial charge in [0.1, 0.15) is 23.9 Å². The maximum absolute atomic E-state index is 12.6. The second-order valence-electron chi connectivity index (χ2n) is 8.06. The quantitative estimate of drug-likeness (QED) is 0.848. The summed E-state index contributed by atoms with van der Waals surface area (Å²) in [4.78, 5) is 38.2. The fourth-order valence-electron chi connectivity index (χ4n) is 3.50. The number of benzene rings is 1. The summed E-state index contributed by atoms with van der Waals surface area (Å²) in [5.41, 5.74) is 0.783. The highest BCUT2D eigenvalue weighted by molar-refractivity contribution is 5.98. The summed E-state index contributed by atoms with van der Waals surface area (Å²) in [6.07, 6.45) is 0.204. The molecule has 1 aliphatic heterocycles. The molecule has 0 bridgehead atoms. The number of ketones is 1. The predicted octanol–water partition coefficient (Wildman–Crippen LogP) is 2.36. The monoisotopic (exact) mass is 390 g/mol. The third kappa shape index (κ3) is 4.44. The Morgan fingerprint density at radius 3 is 2.75 bits per heavy atom. The molecule has 1 N–H and O–H groups in total. The normalized spacial score (nSPS) is 21.9. The molecule has 1 saturated carbocycles. The van der Waals surface area contributed by atoms with Gasteiger partial charge in [-0.1, -0.05) is 6.07 Å². The Hall–Kier alpha value is -2.61. The number of carbonyl (C=O) groups excluding carboxylic acids is 3. The van der Waals surface area contributed by atoms with E-state index in [1.54, 1.807) is 32.9 Å². The van der Waals surface area contributed by atoms with Crippen LogP contribution in [0.5, 0.6) is 5.75 Å². The molecule has 0 radical (unpaired) electrons. The van der Waals surface area contributed by atoms with Crippen molar-refractivity contribution in [1.29, 1.82) is 0 Å². The molecule has 2 atom stereocenters. The van der Waals surface area contributed by atoms with Crippen LogP contribution in [0.3, 0.4) is 0 Å². The molecule has 1 aliphatic carbocycles. The molecule has 1 heterocycles. The summed E-state index contributed by atoms with van der Waals surface area (Å²) in [7, 11) is 1.51. The first-order valence-corrected chi connectivity index (χ1v) is 9.26. The van der Waals surface area contributed by atoms with E-state index in [-0.39, 0.29) is 43.4 Å². The number of amides is 2. The number of anilines is 1. The Morgan fingerprint density at radius 1 is 1.32 bits per heavy atom. The molecule has 1 aromatic rings. The lowest BCUT2D eigenvalue weighted by Gasteiger charge is -2.29. The number of nitrogens with zero attached hydrogens (tertiary/aromatic N) is 1. The van der Waals surface area contributed by atoms with Gasteiger partial charge in [-0.2, -0.15) is 0 Å². The van der Waals surface area contributed by atoms with Gasteiger partial charge in [0.25, 0.3) is 5.91 Å². The molecular weight excluding hydrogens is 364 g/mol. The maximum Gasteiger partial charge on any atom is 0.407 e. The second-order valence-corrected chi connectivity index (χ2v) is 8.06. The van der Waals surface area contributed by atoms with E-state index in [9.17, 15) is 14.4 Å². The number of methoxy groups -OCH3 is 1. The smallest absolute Gasteiger partial charge is 0.407 e. The molecule has 1 unspecified atom stereocenters. The molecule has 152 valence electrons. The zero-order valence-corrected chi connectivity index (χ0v) is 16.6. The van der Waals surface area contributed by atoms with Crippen molar-refractivity contribution in [2.75, 3.05) is 25.3 Å². The number of nitrogens with one attached hydrogen (secondary N) is 1. The van der Waals surface area contributed by atoms with Crippen LogP contribution < -0.4 is 15.0 Å². The van der Waals surface area contributed by atoms with Gasteiger partial charge in [0, 0.05) is 25.5 Å². The summed E-state index contributed by atoms with van der Waals surface area (Å²) >= 11 is 0. The number of hydrogen-bond donors (Lipinski definition) is 1. The van der Waals surface area contributed by atoms with Gasteiger partial charge in [-0.15, -0.1) is 0 Å². The van der Waals surface area contributed by atoms with Crippen molar-refractivity contribution in [2.45, 2.75) is 51.2 Å².